The van der Waals surface area contributed by atoms with Crippen LogP contribution in [0.4, 0.5) is 0 Å². The van der Waals surface area contributed by atoms with Gasteiger partial charge in [-0.2, -0.15) is 0 Å². The van der Waals surface area contributed by atoms with Gasteiger partial charge < -0.3 is 40.3 Å². The minimum atomic E-state index is -1.57. The Kier molecular flexibility index (Phi) is 32.9. The van der Waals surface area contributed by atoms with Crippen LogP contribution in [0.5, 0.6) is 0 Å². The lowest BCUT2D eigenvalue weighted by molar-refractivity contribution is -0.302. The van der Waals surface area contributed by atoms with E-state index in [9.17, 15) is 30.3 Å². The number of allylic oxidation sites excluding steroid dienone is 3. The molecule has 1 heterocycles. The fraction of sp³-hybridized carbons (Fsp3) is 0.886. The SMILES string of the molecule is CCC/C=C/CC/C=C/C(O)C(COC1OC(CO)C(O)C(O)C1O)NC(=O)CCCCCCCCCCCCCCCCCCCCCCCCC. The van der Waals surface area contributed by atoms with Crippen LogP contribution >= 0.6 is 0 Å². The Labute approximate surface area is 324 Å². The zero-order valence-electron chi connectivity index (χ0n) is 34.0. The standard InChI is InChI=1S/C44H83NO8/c1-3-5-7-9-11-12-13-14-15-16-17-18-19-20-21-22-23-24-25-26-28-30-32-34-40(48)45-37(38(47)33-31-29-27-10-8-6-4-2)36-52-44-43(51)42(50)41(49)39(35-46)53-44/h8,10,31,33,37-39,41-44,46-47,49-51H,3-7,9,11-30,32,34-36H2,1-2H3,(H,45,48)/b10-8+,33-31+. The molecule has 312 valence electrons. The summed E-state index contributed by atoms with van der Waals surface area (Å²) in [7, 11) is 0. The molecule has 0 bridgehead atoms. The summed E-state index contributed by atoms with van der Waals surface area (Å²) in [6.45, 7) is 3.65. The number of carbonyl (C=O) groups excluding carboxylic acids is 1. The first-order valence-electron chi connectivity index (χ1n) is 22.1. The molecule has 1 aliphatic heterocycles. The normalized spacial score (nSPS) is 21.8. The average Bonchev–Trinajstić information content (AvgIpc) is 3.16. The molecule has 0 aromatic heterocycles. The van der Waals surface area contributed by atoms with Crippen LogP contribution in [0, 0.1) is 0 Å². The fourth-order valence-corrected chi connectivity index (χ4v) is 6.94. The smallest absolute Gasteiger partial charge is 0.220 e. The Bertz CT molecular complexity index is 883. The monoisotopic (exact) mass is 754 g/mol. The summed E-state index contributed by atoms with van der Waals surface area (Å²) in [4.78, 5) is 12.9. The van der Waals surface area contributed by atoms with Crippen molar-refractivity contribution in [3.05, 3.63) is 24.3 Å². The van der Waals surface area contributed by atoms with Gasteiger partial charge in [0.1, 0.15) is 24.4 Å². The summed E-state index contributed by atoms with van der Waals surface area (Å²) >= 11 is 0. The van der Waals surface area contributed by atoms with Crippen molar-refractivity contribution < 1.29 is 39.8 Å². The van der Waals surface area contributed by atoms with Crippen molar-refractivity contribution in [1.82, 2.24) is 5.32 Å². The molecule has 0 saturated carbocycles. The maximum absolute atomic E-state index is 12.9. The van der Waals surface area contributed by atoms with Gasteiger partial charge in [0.15, 0.2) is 6.29 Å². The first kappa shape index (κ1) is 49.7. The van der Waals surface area contributed by atoms with E-state index in [-0.39, 0.29) is 12.5 Å². The molecule has 9 nitrogen and oxygen atoms in total. The molecule has 0 spiro atoms. The largest absolute Gasteiger partial charge is 0.394 e. The van der Waals surface area contributed by atoms with Crippen LogP contribution in [0.3, 0.4) is 0 Å². The third-order valence-electron chi connectivity index (χ3n) is 10.5. The number of aliphatic hydroxyl groups is 5. The van der Waals surface area contributed by atoms with Gasteiger partial charge in [-0.15, -0.1) is 0 Å². The minimum Gasteiger partial charge on any atom is -0.394 e. The van der Waals surface area contributed by atoms with Gasteiger partial charge in [0.25, 0.3) is 0 Å². The number of nitrogens with one attached hydrogen (secondary N) is 1. The second-order valence-corrected chi connectivity index (χ2v) is 15.5. The van der Waals surface area contributed by atoms with Gasteiger partial charge in [-0.25, -0.2) is 0 Å². The third kappa shape index (κ3) is 26.2. The number of hydrogen-bond acceptors (Lipinski definition) is 8. The summed E-state index contributed by atoms with van der Waals surface area (Å²) in [5.74, 6) is -0.189. The van der Waals surface area contributed by atoms with E-state index < -0.39 is 49.5 Å². The van der Waals surface area contributed by atoms with E-state index in [1.165, 1.54) is 128 Å². The van der Waals surface area contributed by atoms with Crippen LogP contribution in [0.25, 0.3) is 0 Å². The molecule has 1 saturated heterocycles. The summed E-state index contributed by atoms with van der Waals surface area (Å²) in [6, 6.07) is -0.814. The molecule has 1 fully saturated rings. The highest BCUT2D eigenvalue weighted by atomic mass is 16.7. The Morgan fingerprint density at radius 1 is 0.623 bits per heavy atom. The highest BCUT2D eigenvalue weighted by molar-refractivity contribution is 5.76. The topological polar surface area (TPSA) is 149 Å². The number of hydrogen-bond donors (Lipinski definition) is 6. The lowest BCUT2D eigenvalue weighted by atomic mass is 9.99. The van der Waals surface area contributed by atoms with Gasteiger partial charge in [0, 0.05) is 6.42 Å². The predicted octanol–water partition coefficient (Wildman–Crippen LogP) is 8.72. The van der Waals surface area contributed by atoms with Gasteiger partial charge in [-0.05, 0) is 25.7 Å². The van der Waals surface area contributed by atoms with E-state index in [1.807, 2.05) is 6.08 Å². The third-order valence-corrected chi connectivity index (χ3v) is 10.5. The number of ether oxygens (including phenoxy) is 2. The van der Waals surface area contributed by atoms with E-state index in [0.717, 1.165) is 44.9 Å². The Morgan fingerprint density at radius 3 is 1.55 bits per heavy atom. The summed E-state index contributed by atoms with van der Waals surface area (Å²) in [6.07, 6.45) is 34.1. The molecule has 1 aliphatic rings. The zero-order valence-corrected chi connectivity index (χ0v) is 34.0. The van der Waals surface area contributed by atoms with Crippen molar-refractivity contribution in [2.75, 3.05) is 13.2 Å². The second-order valence-electron chi connectivity index (χ2n) is 15.5. The Morgan fingerprint density at radius 2 is 1.08 bits per heavy atom. The van der Waals surface area contributed by atoms with E-state index >= 15 is 0 Å². The molecular weight excluding hydrogens is 670 g/mol. The molecule has 7 unspecified atom stereocenters. The molecule has 1 rings (SSSR count). The van der Waals surface area contributed by atoms with Crippen molar-refractivity contribution >= 4 is 5.91 Å². The van der Waals surface area contributed by atoms with Crippen LogP contribution in [-0.4, -0.2) is 87.5 Å². The first-order chi connectivity index (χ1) is 25.8. The van der Waals surface area contributed by atoms with Gasteiger partial charge in [0.2, 0.25) is 5.91 Å². The van der Waals surface area contributed by atoms with Crippen molar-refractivity contribution in [3.63, 3.8) is 0 Å². The van der Waals surface area contributed by atoms with E-state index in [4.69, 9.17) is 9.47 Å². The van der Waals surface area contributed by atoms with Crippen LogP contribution in [0.15, 0.2) is 24.3 Å². The fourth-order valence-electron chi connectivity index (χ4n) is 6.94. The van der Waals surface area contributed by atoms with Crippen molar-refractivity contribution in [2.24, 2.45) is 0 Å². The maximum Gasteiger partial charge on any atom is 0.220 e. The van der Waals surface area contributed by atoms with Gasteiger partial charge >= 0.3 is 0 Å². The quantitative estimate of drug-likeness (QED) is 0.0275. The molecule has 7 atom stereocenters. The molecule has 1 amide bonds. The Balaban J connectivity index is 2.20. The molecule has 6 N–H and O–H groups in total. The lowest BCUT2D eigenvalue weighted by Gasteiger charge is -2.40. The number of carbonyl (C=O) groups is 1. The average molecular weight is 754 g/mol. The highest BCUT2D eigenvalue weighted by Crippen LogP contribution is 2.22. The number of unbranched alkanes of at least 4 members (excludes halogenated alkanes) is 24. The van der Waals surface area contributed by atoms with E-state index in [1.54, 1.807) is 6.08 Å². The van der Waals surface area contributed by atoms with Gasteiger partial charge in [-0.1, -0.05) is 186 Å². The minimum absolute atomic E-state index is 0.189. The number of rotatable bonds is 36. The summed E-state index contributed by atoms with van der Waals surface area (Å²) < 4.78 is 11.1. The van der Waals surface area contributed by atoms with Gasteiger partial charge in [0.05, 0.1) is 25.4 Å². The van der Waals surface area contributed by atoms with E-state index in [0.29, 0.717) is 6.42 Å². The number of amides is 1. The predicted molar refractivity (Wildman–Crippen MR) is 217 cm³/mol. The van der Waals surface area contributed by atoms with Crippen LogP contribution in [0.1, 0.15) is 194 Å². The molecule has 53 heavy (non-hydrogen) atoms. The highest BCUT2D eigenvalue weighted by Gasteiger charge is 2.44. The van der Waals surface area contributed by atoms with Crippen LogP contribution in [0.2, 0.25) is 0 Å². The molecule has 0 aromatic carbocycles. The molecule has 9 heteroatoms. The zero-order chi connectivity index (χ0) is 38.8. The Hall–Kier alpha value is -1.33. The van der Waals surface area contributed by atoms with Gasteiger partial charge in [-0.3, -0.25) is 4.79 Å². The van der Waals surface area contributed by atoms with Crippen LogP contribution < -0.4 is 5.32 Å². The first-order valence-corrected chi connectivity index (χ1v) is 22.1. The lowest BCUT2D eigenvalue weighted by Crippen LogP contribution is -2.60. The second kappa shape index (κ2) is 35.1. The summed E-state index contributed by atoms with van der Waals surface area (Å²) in [5, 5.41) is 53.8. The van der Waals surface area contributed by atoms with Crippen LogP contribution in [-0.2, 0) is 14.3 Å². The summed E-state index contributed by atoms with van der Waals surface area (Å²) in [5.41, 5.74) is 0. The molecule has 0 aromatic rings. The molecular formula is C44H83NO8. The van der Waals surface area contributed by atoms with E-state index in [2.05, 4.69) is 31.3 Å². The maximum atomic E-state index is 12.9. The van der Waals surface area contributed by atoms with Crippen molar-refractivity contribution in [3.8, 4) is 0 Å². The molecule has 0 aliphatic carbocycles. The molecule has 0 radical (unpaired) electrons. The number of aliphatic hydroxyl groups excluding tert-OH is 5. The van der Waals surface area contributed by atoms with Crippen molar-refractivity contribution in [2.45, 2.75) is 236 Å². The van der Waals surface area contributed by atoms with Crippen molar-refractivity contribution in [1.29, 1.82) is 0 Å².